The van der Waals surface area contributed by atoms with Crippen molar-refractivity contribution in [2.24, 2.45) is 0 Å². The maximum Gasteiger partial charge on any atom is 0.348 e. The van der Waals surface area contributed by atoms with Crippen LogP contribution in [-0.2, 0) is 4.79 Å². The first kappa shape index (κ1) is 17.4. The van der Waals surface area contributed by atoms with Crippen molar-refractivity contribution >= 4 is 40.2 Å². The van der Waals surface area contributed by atoms with Gasteiger partial charge in [-0.2, -0.15) is 0 Å². The summed E-state index contributed by atoms with van der Waals surface area (Å²) in [6.07, 6.45) is 6.80. The number of allylic oxidation sites excluding steroid dienone is 2. The molecule has 1 aromatic carbocycles. The van der Waals surface area contributed by atoms with Crippen molar-refractivity contribution in [2.75, 3.05) is 4.90 Å². The molecule has 0 aliphatic heterocycles. The van der Waals surface area contributed by atoms with Crippen LogP contribution in [0.4, 0.5) is 11.4 Å². The summed E-state index contributed by atoms with van der Waals surface area (Å²) in [5.74, 6) is -1.11. The SMILES string of the molecule is CCC(=O)N(c1ccccc1)c1cc(C2=CCCCC2)sc1C(=O)O. The summed E-state index contributed by atoms with van der Waals surface area (Å²) in [6.45, 7) is 1.79. The Morgan fingerprint density at radius 1 is 1.20 bits per heavy atom. The Labute approximate surface area is 151 Å². The highest BCUT2D eigenvalue weighted by molar-refractivity contribution is 7.15. The molecule has 0 spiro atoms. The van der Waals surface area contributed by atoms with E-state index in [1.54, 1.807) is 6.92 Å². The molecule has 1 amide bonds. The summed E-state index contributed by atoms with van der Waals surface area (Å²) >= 11 is 1.26. The number of para-hydroxylation sites is 1. The number of rotatable bonds is 5. The van der Waals surface area contributed by atoms with E-state index in [-0.39, 0.29) is 10.8 Å². The number of hydrogen-bond acceptors (Lipinski definition) is 3. The Hall–Kier alpha value is -2.40. The second-order valence-electron chi connectivity index (χ2n) is 6.02. The van der Waals surface area contributed by atoms with Crippen LogP contribution >= 0.6 is 11.3 Å². The summed E-state index contributed by atoms with van der Waals surface area (Å²) in [5.41, 5.74) is 2.36. The van der Waals surface area contributed by atoms with Crippen LogP contribution < -0.4 is 4.90 Å². The molecule has 130 valence electrons. The largest absolute Gasteiger partial charge is 0.477 e. The van der Waals surface area contributed by atoms with E-state index in [9.17, 15) is 14.7 Å². The molecule has 1 aliphatic rings. The molecule has 4 nitrogen and oxygen atoms in total. The predicted octanol–water partition coefficient (Wildman–Crippen LogP) is 5.48. The van der Waals surface area contributed by atoms with Gasteiger partial charge in [-0.1, -0.05) is 31.2 Å². The lowest BCUT2D eigenvalue weighted by Gasteiger charge is -2.22. The molecule has 0 bridgehead atoms. The minimum atomic E-state index is -0.993. The number of carboxylic acid groups (broad SMARTS) is 1. The minimum Gasteiger partial charge on any atom is -0.477 e. The lowest BCUT2D eigenvalue weighted by molar-refractivity contribution is -0.117. The van der Waals surface area contributed by atoms with Crippen LogP contribution in [0.3, 0.4) is 0 Å². The Kier molecular flexibility index (Phi) is 5.34. The fraction of sp³-hybridized carbons (Fsp3) is 0.300. The van der Waals surface area contributed by atoms with E-state index in [1.807, 2.05) is 36.4 Å². The fourth-order valence-electron chi connectivity index (χ4n) is 3.07. The van der Waals surface area contributed by atoms with Crippen LogP contribution in [0.1, 0.15) is 53.6 Å². The molecule has 0 atom stereocenters. The predicted molar refractivity (Wildman–Crippen MR) is 102 cm³/mol. The number of amides is 1. The molecule has 0 saturated heterocycles. The standard InChI is InChI=1S/C20H21NO3S/c1-2-18(22)21(15-11-7-4-8-12-15)16-13-17(25-19(16)20(23)24)14-9-5-3-6-10-14/h4,7-9,11-13H,2-3,5-6,10H2,1H3,(H,23,24). The van der Waals surface area contributed by atoms with E-state index in [4.69, 9.17) is 0 Å². The number of thiophene rings is 1. The number of carboxylic acids is 1. The van der Waals surface area contributed by atoms with Gasteiger partial charge >= 0.3 is 5.97 Å². The minimum absolute atomic E-state index is 0.115. The van der Waals surface area contributed by atoms with E-state index >= 15 is 0 Å². The molecular formula is C20H21NO3S. The lowest BCUT2D eigenvalue weighted by Crippen LogP contribution is -2.25. The number of carbonyl (C=O) groups is 2. The third-order valence-electron chi connectivity index (χ3n) is 4.32. The molecule has 1 N–H and O–H groups in total. The molecule has 3 rings (SSSR count). The fourth-order valence-corrected chi connectivity index (χ4v) is 4.12. The maximum atomic E-state index is 12.6. The summed E-state index contributed by atoms with van der Waals surface area (Å²) in [6, 6.07) is 11.1. The zero-order chi connectivity index (χ0) is 17.8. The molecule has 1 aromatic heterocycles. The highest BCUT2D eigenvalue weighted by atomic mass is 32.1. The summed E-state index contributed by atoms with van der Waals surface area (Å²) in [5, 5.41) is 9.68. The normalized spacial score (nSPS) is 14.0. The smallest absolute Gasteiger partial charge is 0.348 e. The summed E-state index contributed by atoms with van der Waals surface area (Å²) < 4.78 is 0. The van der Waals surface area contributed by atoms with Crippen molar-refractivity contribution in [3.8, 4) is 0 Å². The van der Waals surface area contributed by atoms with Gasteiger partial charge in [-0.15, -0.1) is 11.3 Å². The number of hydrogen-bond donors (Lipinski definition) is 1. The van der Waals surface area contributed by atoms with Gasteiger partial charge in [0.15, 0.2) is 0 Å². The quantitative estimate of drug-likeness (QED) is 0.773. The van der Waals surface area contributed by atoms with E-state index < -0.39 is 5.97 Å². The van der Waals surface area contributed by atoms with Crippen molar-refractivity contribution in [3.05, 3.63) is 52.2 Å². The first-order valence-corrected chi connectivity index (χ1v) is 9.38. The van der Waals surface area contributed by atoms with E-state index in [0.717, 1.165) is 24.1 Å². The van der Waals surface area contributed by atoms with Crippen LogP contribution in [0, 0.1) is 0 Å². The van der Waals surface area contributed by atoms with Gasteiger partial charge < -0.3 is 5.11 Å². The molecule has 1 heterocycles. The number of anilines is 2. The third kappa shape index (κ3) is 3.66. The van der Waals surface area contributed by atoms with Crippen molar-refractivity contribution in [3.63, 3.8) is 0 Å². The number of benzene rings is 1. The second kappa shape index (κ2) is 7.66. The van der Waals surface area contributed by atoms with Gasteiger partial charge in [0, 0.05) is 17.0 Å². The van der Waals surface area contributed by atoms with Gasteiger partial charge in [0.05, 0.1) is 5.69 Å². The summed E-state index contributed by atoms with van der Waals surface area (Å²) in [4.78, 5) is 27.1. The average molecular weight is 355 g/mol. The van der Waals surface area contributed by atoms with Gasteiger partial charge in [0.1, 0.15) is 4.88 Å². The van der Waals surface area contributed by atoms with Crippen LogP contribution in [0.25, 0.3) is 5.57 Å². The topological polar surface area (TPSA) is 57.6 Å². The van der Waals surface area contributed by atoms with Crippen molar-refractivity contribution in [2.45, 2.75) is 39.0 Å². The molecule has 2 aromatic rings. The first-order valence-electron chi connectivity index (χ1n) is 8.56. The molecule has 0 fully saturated rings. The Morgan fingerprint density at radius 2 is 1.96 bits per heavy atom. The highest BCUT2D eigenvalue weighted by Gasteiger charge is 2.26. The zero-order valence-electron chi connectivity index (χ0n) is 14.2. The van der Waals surface area contributed by atoms with Gasteiger partial charge in [-0.3, -0.25) is 9.69 Å². The van der Waals surface area contributed by atoms with Gasteiger partial charge in [-0.25, -0.2) is 4.79 Å². The highest BCUT2D eigenvalue weighted by Crippen LogP contribution is 2.40. The molecule has 0 unspecified atom stereocenters. The third-order valence-corrected chi connectivity index (χ3v) is 5.51. The van der Waals surface area contributed by atoms with E-state index in [0.29, 0.717) is 17.8 Å². The Morgan fingerprint density at radius 3 is 2.56 bits per heavy atom. The van der Waals surface area contributed by atoms with Gasteiger partial charge in [0.2, 0.25) is 5.91 Å². The van der Waals surface area contributed by atoms with Gasteiger partial charge in [0.25, 0.3) is 0 Å². The molecule has 0 saturated carbocycles. The maximum absolute atomic E-state index is 12.6. The number of nitrogens with zero attached hydrogens (tertiary/aromatic N) is 1. The molecule has 5 heteroatoms. The first-order chi connectivity index (χ1) is 12.1. The van der Waals surface area contributed by atoms with Gasteiger partial charge in [-0.05, 0) is 49.5 Å². The number of aromatic carboxylic acids is 1. The summed E-state index contributed by atoms with van der Waals surface area (Å²) in [7, 11) is 0. The van der Waals surface area contributed by atoms with Crippen molar-refractivity contribution < 1.29 is 14.7 Å². The average Bonchev–Trinajstić information content (AvgIpc) is 3.08. The zero-order valence-corrected chi connectivity index (χ0v) is 15.0. The molecule has 0 radical (unpaired) electrons. The monoisotopic (exact) mass is 355 g/mol. The van der Waals surface area contributed by atoms with Crippen LogP contribution in [0.5, 0.6) is 0 Å². The van der Waals surface area contributed by atoms with Crippen LogP contribution in [-0.4, -0.2) is 17.0 Å². The van der Waals surface area contributed by atoms with E-state index in [1.165, 1.54) is 28.2 Å². The van der Waals surface area contributed by atoms with E-state index in [2.05, 4.69) is 6.08 Å². The Bertz CT molecular complexity index is 808. The lowest BCUT2D eigenvalue weighted by atomic mass is 9.98. The van der Waals surface area contributed by atoms with Crippen LogP contribution in [0.2, 0.25) is 0 Å². The molecule has 1 aliphatic carbocycles. The Balaban J connectivity index is 2.11. The van der Waals surface area contributed by atoms with Crippen LogP contribution in [0.15, 0.2) is 42.5 Å². The number of carbonyl (C=O) groups excluding carboxylic acids is 1. The van der Waals surface area contributed by atoms with Crippen molar-refractivity contribution in [1.82, 2.24) is 0 Å². The molecular weight excluding hydrogens is 334 g/mol. The van der Waals surface area contributed by atoms with Crippen molar-refractivity contribution in [1.29, 1.82) is 0 Å². The second-order valence-corrected chi connectivity index (χ2v) is 7.08. The molecule has 25 heavy (non-hydrogen) atoms.